The number of nitrogens with one attached hydrogen (secondary N) is 2. The molecule has 0 saturated heterocycles. The molecule has 1 aromatic rings. The van der Waals surface area contributed by atoms with Crippen molar-refractivity contribution in [1.29, 1.82) is 0 Å². The third kappa shape index (κ3) is 9.73. The van der Waals surface area contributed by atoms with E-state index in [4.69, 9.17) is 9.47 Å². The van der Waals surface area contributed by atoms with Crippen LogP contribution in [0.15, 0.2) is 23.2 Å². The van der Waals surface area contributed by atoms with Crippen LogP contribution < -0.4 is 20.1 Å². The zero-order valence-corrected chi connectivity index (χ0v) is 18.3. The van der Waals surface area contributed by atoms with Crippen molar-refractivity contribution < 1.29 is 17.9 Å². The van der Waals surface area contributed by atoms with Gasteiger partial charge in [-0.1, -0.05) is 6.07 Å². The van der Waals surface area contributed by atoms with Crippen molar-refractivity contribution in [3.8, 4) is 11.5 Å². The molecule has 1 aromatic carbocycles. The number of aliphatic imine (C=N–C) groups is 1. The molecule has 0 fully saturated rings. The van der Waals surface area contributed by atoms with Gasteiger partial charge in [0.25, 0.3) is 0 Å². The van der Waals surface area contributed by atoms with Gasteiger partial charge in [0.2, 0.25) is 0 Å². The molecule has 0 radical (unpaired) electrons. The lowest BCUT2D eigenvalue weighted by Gasteiger charge is -2.12. The molecule has 2 N–H and O–H groups in total. The SMILES string of the molecule is CCNC(=NCCS(C)(=O)=O)NCCc1ccc(OC)c(OC)c1.I. The van der Waals surface area contributed by atoms with Crippen LogP contribution in [-0.2, 0) is 16.3 Å². The van der Waals surface area contributed by atoms with Gasteiger partial charge in [-0.05, 0) is 31.0 Å². The Morgan fingerprint density at radius 2 is 1.84 bits per heavy atom. The molecule has 0 aliphatic heterocycles. The van der Waals surface area contributed by atoms with Gasteiger partial charge in [-0.3, -0.25) is 4.99 Å². The summed E-state index contributed by atoms with van der Waals surface area (Å²) < 4.78 is 32.8. The monoisotopic (exact) mass is 485 g/mol. The fraction of sp³-hybridized carbons (Fsp3) is 0.562. The van der Waals surface area contributed by atoms with Gasteiger partial charge in [-0.2, -0.15) is 0 Å². The zero-order valence-electron chi connectivity index (χ0n) is 15.2. The Kier molecular flexibility index (Phi) is 11.6. The van der Waals surface area contributed by atoms with E-state index in [2.05, 4.69) is 15.6 Å². The van der Waals surface area contributed by atoms with Crippen LogP contribution in [0.4, 0.5) is 0 Å². The number of nitrogens with zero attached hydrogens (tertiary/aromatic N) is 1. The first-order chi connectivity index (χ1) is 11.4. The Labute approximate surface area is 167 Å². The number of sulfone groups is 1. The molecule has 0 aliphatic rings. The van der Waals surface area contributed by atoms with Crippen LogP contribution in [0.2, 0.25) is 0 Å². The van der Waals surface area contributed by atoms with E-state index >= 15 is 0 Å². The number of guanidine groups is 1. The third-order valence-electron chi connectivity index (χ3n) is 3.23. The molecular weight excluding hydrogens is 457 g/mol. The molecule has 0 unspecified atom stereocenters. The van der Waals surface area contributed by atoms with Gasteiger partial charge in [-0.25, -0.2) is 8.42 Å². The lowest BCUT2D eigenvalue weighted by atomic mass is 10.1. The van der Waals surface area contributed by atoms with E-state index in [0.29, 0.717) is 30.5 Å². The molecule has 0 saturated carbocycles. The van der Waals surface area contributed by atoms with E-state index in [-0.39, 0.29) is 36.3 Å². The van der Waals surface area contributed by atoms with Gasteiger partial charge in [0.15, 0.2) is 17.5 Å². The van der Waals surface area contributed by atoms with Crippen molar-refractivity contribution in [2.45, 2.75) is 13.3 Å². The molecule has 0 aromatic heterocycles. The van der Waals surface area contributed by atoms with Crippen LogP contribution in [0.25, 0.3) is 0 Å². The van der Waals surface area contributed by atoms with E-state index < -0.39 is 9.84 Å². The van der Waals surface area contributed by atoms with E-state index in [1.165, 1.54) is 6.26 Å². The van der Waals surface area contributed by atoms with Gasteiger partial charge in [0.05, 0.1) is 26.5 Å². The summed E-state index contributed by atoms with van der Waals surface area (Å²) in [4.78, 5) is 4.26. The molecule has 0 heterocycles. The summed E-state index contributed by atoms with van der Waals surface area (Å²) in [5.74, 6) is 2.05. The fourth-order valence-electron chi connectivity index (χ4n) is 2.03. The van der Waals surface area contributed by atoms with Crippen molar-refractivity contribution in [3.05, 3.63) is 23.8 Å². The number of ether oxygens (including phenoxy) is 2. The molecule has 0 bridgehead atoms. The van der Waals surface area contributed by atoms with Crippen LogP contribution in [-0.4, -0.2) is 60.2 Å². The second-order valence-corrected chi connectivity index (χ2v) is 7.52. The molecule has 1 rings (SSSR count). The number of halogens is 1. The van der Waals surface area contributed by atoms with Crippen molar-refractivity contribution in [3.63, 3.8) is 0 Å². The molecular formula is C16H28IN3O4S. The molecule has 0 atom stereocenters. The quantitative estimate of drug-likeness (QED) is 0.313. The predicted molar refractivity (Wildman–Crippen MR) is 112 cm³/mol. The Balaban J connectivity index is 0.00000576. The molecule has 0 amide bonds. The number of methoxy groups -OCH3 is 2. The smallest absolute Gasteiger partial charge is 0.191 e. The summed E-state index contributed by atoms with van der Waals surface area (Å²) in [5.41, 5.74) is 1.10. The average molecular weight is 485 g/mol. The van der Waals surface area contributed by atoms with E-state index in [9.17, 15) is 8.42 Å². The largest absolute Gasteiger partial charge is 0.493 e. The van der Waals surface area contributed by atoms with E-state index in [1.807, 2.05) is 25.1 Å². The topological polar surface area (TPSA) is 89.0 Å². The first-order valence-corrected chi connectivity index (χ1v) is 9.86. The van der Waals surface area contributed by atoms with Gasteiger partial charge in [0.1, 0.15) is 9.84 Å². The van der Waals surface area contributed by atoms with E-state index in [0.717, 1.165) is 12.0 Å². The molecule has 9 heteroatoms. The van der Waals surface area contributed by atoms with Gasteiger partial charge in [0, 0.05) is 19.3 Å². The van der Waals surface area contributed by atoms with Gasteiger partial charge >= 0.3 is 0 Å². The zero-order chi connectivity index (χ0) is 18.0. The number of benzene rings is 1. The molecule has 144 valence electrons. The highest BCUT2D eigenvalue weighted by Crippen LogP contribution is 2.27. The van der Waals surface area contributed by atoms with Crippen LogP contribution in [0.1, 0.15) is 12.5 Å². The maximum absolute atomic E-state index is 11.2. The summed E-state index contributed by atoms with van der Waals surface area (Å²) in [6.07, 6.45) is 1.98. The first-order valence-electron chi connectivity index (χ1n) is 7.80. The highest BCUT2D eigenvalue weighted by molar-refractivity contribution is 14.0. The maximum atomic E-state index is 11.2. The Bertz CT molecular complexity index is 651. The first kappa shape index (κ1) is 23.8. The molecule has 0 spiro atoms. The van der Waals surface area contributed by atoms with Crippen molar-refractivity contribution in [2.75, 3.05) is 45.9 Å². The highest BCUT2D eigenvalue weighted by Gasteiger charge is 2.05. The maximum Gasteiger partial charge on any atom is 0.191 e. The van der Waals surface area contributed by atoms with Crippen molar-refractivity contribution >= 4 is 39.8 Å². The summed E-state index contributed by atoms with van der Waals surface area (Å²) >= 11 is 0. The minimum Gasteiger partial charge on any atom is -0.493 e. The second-order valence-electron chi connectivity index (χ2n) is 5.26. The second kappa shape index (κ2) is 12.2. The minimum absolute atomic E-state index is 0. The Hall–Kier alpha value is -1.23. The summed E-state index contributed by atoms with van der Waals surface area (Å²) in [6.45, 7) is 3.58. The molecule has 25 heavy (non-hydrogen) atoms. The van der Waals surface area contributed by atoms with Gasteiger partial charge < -0.3 is 20.1 Å². The van der Waals surface area contributed by atoms with Crippen LogP contribution in [0.5, 0.6) is 11.5 Å². The highest BCUT2D eigenvalue weighted by atomic mass is 127. The summed E-state index contributed by atoms with van der Waals surface area (Å²) in [5, 5.41) is 6.29. The lowest BCUT2D eigenvalue weighted by Crippen LogP contribution is -2.38. The summed E-state index contributed by atoms with van der Waals surface area (Å²) in [6, 6.07) is 5.80. The van der Waals surface area contributed by atoms with Crippen molar-refractivity contribution in [1.82, 2.24) is 10.6 Å². The van der Waals surface area contributed by atoms with E-state index in [1.54, 1.807) is 14.2 Å². The Morgan fingerprint density at radius 3 is 2.40 bits per heavy atom. The number of rotatable bonds is 9. The van der Waals surface area contributed by atoms with Crippen LogP contribution >= 0.6 is 24.0 Å². The van der Waals surface area contributed by atoms with Crippen LogP contribution in [0, 0.1) is 0 Å². The fourth-order valence-corrected chi connectivity index (χ4v) is 2.45. The normalized spacial score (nSPS) is 11.4. The van der Waals surface area contributed by atoms with Crippen molar-refractivity contribution in [2.24, 2.45) is 4.99 Å². The molecule has 0 aliphatic carbocycles. The lowest BCUT2D eigenvalue weighted by molar-refractivity contribution is 0.354. The number of hydrogen-bond donors (Lipinski definition) is 2. The summed E-state index contributed by atoms with van der Waals surface area (Å²) in [7, 11) is 0.214. The number of hydrogen-bond acceptors (Lipinski definition) is 5. The van der Waals surface area contributed by atoms with Crippen LogP contribution in [0.3, 0.4) is 0 Å². The average Bonchev–Trinajstić information content (AvgIpc) is 2.53. The molecule has 7 nitrogen and oxygen atoms in total. The van der Waals surface area contributed by atoms with Gasteiger partial charge in [-0.15, -0.1) is 24.0 Å². The third-order valence-corrected chi connectivity index (χ3v) is 4.15. The predicted octanol–water partition coefficient (Wildman–Crippen LogP) is 1.46. The standard InChI is InChI=1S/C16H27N3O4S.HI/c1-5-17-16(19-10-11-24(4,20)21)18-9-8-13-6-7-14(22-2)15(12-13)23-3;/h6-7,12H,5,8-11H2,1-4H3,(H2,17,18,19);1H. The Morgan fingerprint density at radius 1 is 1.16 bits per heavy atom. The minimum atomic E-state index is -3.00.